The Kier molecular flexibility index (Phi) is 5.32. The standard InChI is InChI=1S/C19H17F6NO/c1-17(2,3)12-4-6-15(7-5-12)26-16(27)11-8-13(18(20,21)22)10-14(9-11)19(23,24)25/h4-10H,1-3H3,(H,26,27). The number of anilines is 1. The lowest BCUT2D eigenvalue weighted by Crippen LogP contribution is -2.17. The van der Waals surface area contributed by atoms with Gasteiger partial charge in [0.25, 0.3) is 5.91 Å². The fourth-order valence-electron chi connectivity index (χ4n) is 2.34. The van der Waals surface area contributed by atoms with Crippen LogP contribution in [-0.2, 0) is 17.8 Å². The van der Waals surface area contributed by atoms with Gasteiger partial charge in [-0.05, 0) is 41.3 Å². The fraction of sp³-hybridized carbons (Fsp3) is 0.316. The van der Waals surface area contributed by atoms with E-state index in [0.717, 1.165) is 5.56 Å². The van der Waals surface area contributed by atoms with Crippen LogP contribution >= 0.6 is 0 Å². The zero-order chi connectivity index (χ0) is 20.6. The Bertz CT molecular complexity index is 797. The predicted molar refractivity (Wildman–Crippen MR) is 89.5 cm³/mol. The van der Waals surface area contributed by atoms with Crippen molar-refractivity contribution >= 4 is 11.6 Å². The van der Waals surface area contributed by atoms with Crippen LogP contribution in [0.25, 0.3) is 0 Å². The number of halogens is 6. The van der Waals surface area contributed by atoms with Gasteiger partial charge in [0.2, 0.25) is 0 Å². The highest BCUT2D eigenvalue weighted by Crippen LogP contribution is 2.36. The van der Waals surface area contributed by atoms with Crippen molar-refractivity contribution in [1.29, 1.82) is 0 Å². The Morgan fingerprint density at radius 1 is 0.741 bits per heavy atom. The van der Waals surface area contributed by atoms with Crippen molar-refractivity contribution in [2.45, 2.75) is 38.5 Å². The predicted octanol–water partition coefficient (Wildman–Crippen LogP) is 6.27. The molecule has 0 aromatic heterocycles. The monoisotopic (exact) mass is 389 g/mol. The summed E-state index contributed by atoms with van der Waals surface area (Å²) in [5.41, 5.74) is -2.73. The highest BCUT2D eigenvalue weighted by Gasteiger charge is 2.37. The van der Waals surface area contributed by atoms with Crippen molar-refractivity contribution in [3.05, 3.63) is 64.7 Å². The first-order valence-electron chi connectivity index (χ1n) is 7.89. The molecule has 0 spiro atoms. The van der Waals surface area contributed by atoms with E-state index in [4.69, 9.17) is 0 Å². The molecule has 0 saturated carbocycles. The van der Waals surface area contributed by atoms with Gasteiger partial charge in [-0.1, -0.05) is 32.9 Å². The zero-order valence-corrected chi connectivity index (χ0v) is 14.7. The third kappa shape index (κ3) is 5.24. The van der Waals surface area contributed by atoms with Gasteiger partial charge < -0.3 is 5.32 Å². The smallest absolute Gasteiger partial charge is 0.322 e. The Morgan fingerprint density at radius 2 is 1.19 bits per heavy atom. The van der Waals surface area contributed by atoms with Crippen molar-refractivity contribution < 1.29 is 31.1 Å². The van der Waals surface area contributed by atoms with E-state index in [1.54, 1.807) is 12.1 Å². The summed E-state index contributed by atoms with van der Waals surface area (Å²) < 4.78 is 77.3. The Balaban J connectivity index is 2.35. The Morgan fingerprint density at radius 3 is 1.56 bits per heavy atom. The van der Waals surface area contributed by atoms with Gasteiger partial charge in [-0.15, -0.1) is 0 Å². The second kappa shape index (κ2) is 6.90. The summed E-state index contributed by atoms with van der Waals surface area (Å²) in [4.78, 5) is 12.2. The molecule has 2 nitrogen and oxygen atoms in total. The SMILES string of the molecule is CC(C)(C)c1ccc(NC(=O)c2cc(C(F)(F)F)cc(C(F)(F)F)c2)cc1. The number of carbonyl (C=O) groups excluding carboxylic acids is 1. The van der Waals surface area contributed by atoms with E-state index in [2.05, 4.69) is 5.32 Å². The number of benzene rings is 2. The van der Waals surface area contributed by atoms with Crippen LogP contribution < -0.4 is 5.32 Å². The molecule has 0 aliphatic carbocycles. The van der Waals surface area contributed by atoms with Crippen LogP contribution in [0.1, 0.15) is 47.8 Å². The van der Waals surface area contributed by atoms with Crippen molar-refractivity contribution in [3.63, 3.8) is 0 Å². The topological polar surface area (TPSA) is 29.1 Å². The maximum atomic E-state index is 12.9. The van der Waals surface area contributed by atoms with Gasteiger partial charge in [-0.25, -0.2) is 0 Å². The Labute approximate surface area is 152 Å². The molecule has 146 valence electrons. The second-order valence-electron chi connectivity index (χ2n) is 7.08. The summed E-state index contributed by atoms with van der Waals surface area (Å²) in [6.45, 7) is 5.92. The molecule has 1 amide bonds. The van der Waals surface area contributed by atoms with Crippen molar-refractivity contribution in [1.82, 2.24) is 0 Å². The molecule has 0 atom stereocenters. The van der Waals surface area contributed by atoms with Crippen molar-refractivity contribution in [3.8, 4) is 0 Å². The molecule has 8 heteroatoms. The minimum absolute atomic E-state index is 0.0189. The molecule has 1 N–H and O–H groups in total. The largest absolute Gasteiger partial charge is 0.416 e. The summed E-state index contributed by atoms with van der Waals surface area (Å²) in [5.74, 6) is -1.06. The van der Waals surface area contributed by atoms with Crippen molar-refractivity contribution in [2.75, 3.05) is 5.32 Å². The molecular weight excluding hydrogens is 372 g/mol. The summed E-state index contributed by atoms with van der Waals surface area (Å²) in [5, 5.41) is 2.32. The molecule has 0 fully saturated rings. The third-order valence-electron chi connectivity index (χ3n) is 3.86. The minimum Gasteiger partial charge on any atom is -0.322 e. The van der Waals surface area contributed by atoms with Gasteiger partial charge in [0.1, 0.15) is 0 Å². The minimum atomic E-state index is -5.01. The maximum Gasteiger partial charge on any atom is 0.416 e. The van der Waals surface area contributed by atoms with Gasteiger partial charge in [-0.2, -0.15) is 26.3 Å². The lowest BCUT2D eigenvalue weighted by Gasteiger charge is -2.19. The maximum absolute atomic E-state index is 12.9. The van der Waals surface area contributed by atoms with Gasteiger partial charge >= 0.3 is 12.4 Å². The number of rotatable bonds is 2. The van der Waals surface area contributed by atoms with Gasteiger partial charge in [0, 0.05) is 11.3 Å². The number of hydrogen-bond donors (Lipinski definition) is 1. The van der Waals surface area contributed by atoms with Gasteiger partial charge in [-0.3, -0.25) is 4.79 Å². The molecule has 2 rings (SSSR count). The normalized spacial score (nSPS) is 12.8. The fourth-order valence-corrected chi connectivity index (χ4v) is 2.34. The first-order chi connectivity index (χ1) is 12.2. The molecule has 2 aromatic rings. The lowest BCUT2D eigenvalue weighted by molar-refractivity contribution is -0.143. The van der Waals surface area contributed by atoms with Crippen LogP contribution in [0.3, 0.4) is 0 Å². The number of amides is 1. The summed E-state index contributed by atoms with van der Waals surface area (Å²) in [6.07, 6.45) is -10.0. The average molecular weight is 389 g/mol. The van der Waals surface area contributed by atoms with E-state index in [-0.39, 0.29) is 17.2 Å². The zero-order valence-electron chi connectivity index (χ0n) is 14.7. The Hall–Kier alpha value is -2.51. The number of alkyl halides is 6. The highest BCUT2D eigenvalue weighted by atomic mass is 19.4. The van der Waals surface area contributed by atoms with E-state index < -0.39 is 35.0 Å². The summed E-state index contributed by atoms with van der Waals surface area (Å²) in [6, 6.07) is 7.30. The second-order valence-corrected chi connectivity index (χ2v) is 7.08. The van der Waals surface area contributed by atoms with E-state index in [0.29, 0.717) is 12.1 Å². The molecule has 0 bridgehead atoms. The molecule has 0 unspecified atom stereocenters. The van der Waals surface area contributed by atoms with Crippen LogP contribution in [0.4, 0.5) is 32.0 Å². The van der Waals surface area contributed by atoms with Crippen molar-refractivity contribution in [2.24, 2.45) is 0 Å². The van der Waals surface area contributed by atoms with E-state index >= 15 is 0 Å². The first kappa shape index (κ1) is 20.8. The van der Waals surface area contributed by atoms with E-state index in [1.165, 1.54) is 12.1 Å². The summed E-state index contributed by atoms with van der Waals surface area (Å²) >= 11 is 0. The highest BCUT2D eigenvalue weighted by molar-refractivity contribution is 6.04. The quantitative estimate of drug-likeness (QED) is 0.602. The molecule has 0 aliphatic heterocycles. The van der Waals surface area contributed by atoms with Crippen LogP contribution in [0, 0.1) is 0 Å². The van der Waals surface area contributed by atoms with Crippen LogP contribution in [0.15, 0.2) is 42.5 Å². The molecular formula is C19H17F6NO. The molecule has 0 aliphatic rings. The number of hydrogen-bond acceptors (Lipinski definition) is 1. The van der Waals surface area contributed by atoms with E-state index in [1.807, 2.05) is 20.8 Å². The lowest BCUT2D eigenvalue weighted by atomic mass is 9.87. The molecule has 27 heavy (non-hydrogen) atoms. The molecule has 0 heterocycles. The third-order valence-corrected chi connectivity index (χ3v) is 3.86. The molecule has 0 radical (unpaired) electrons. The van der Waals surface area contributed by atoms with Crippen LogP contribution in [0.2, 0.25) is 0 Å². The number of nitrogens with one attached hydrogen (secondary N) is 1. The molecule has 0 saturated heterocycles. The van der Waals surface area contributed by atoms with Crippen LogP contribution in [-0.4, -0.2) is 5.91 Å². The van der Waals surface area contributed by atoms with Gasteiger partial charge in [0.05, 0.1) is 11.1 Å². The van der Waals surface area contributed by atoms with Crippen LogP contribution in [0.5, 0.6) is 0 Å². The van der Waals surface area contributed by atoms with Gasteiger partial charge in [0.15, 0.2) is 0 Å². The first-order valence-corrected chi connectivity index (χ1v) is 7.89. The molecule has 2 aromatic carbocycles. The summed E-state index contributed by atoms with van der Waals surface area (Å²) in [7, 11) is 0. The average Bonchev–Trinajstić information content (AvgIpc) is 2.52. The number of carbonyl (C=O) groups is 1. The van der Waals surface area contributed by atoms with E-state index in [9.17, 15) is 31.1 Å².